The summed E-state index contributed by atoms with van der Waals surface area (Å²) in [6.45, 7) is 7.79. The molecular formula is C26H42N8O2. The van der Waals surface area contributed by atoms with Gasteiger partial charge in [-0.3, -0.25) is 0 Å². The topological polar surface area (TPSA) is 138 Å². The van der Waals surface area contributed by atoms with Crippen molar-refractivity contribution in [2.75, 3.05) is 26.2 Å². The van der Waals surface area contributed by atoms with Crippen molar-refractivity contribution in [1.29, 1.82) is 0 Å². The van der Waals surface area contributed by atoms with E-state index in [4.69, 9.17) is 5.10 Å². The van der Waals surface area contributed by atoms with E-state index >= 15 is 0 Å². The van der Waals surface area contributed by atoms with Gasteiger partial charge in [0.15, 0.2) is 0 Å². The molecule has 36 heavy (non-hydrogen) atoms. The maximum atomic E-state index is 12.3. The Bertz CT molecular complexity index is 1010. The summed E-state index contributed by atoms with van der Waals surface area (Å²) in [6.07, 6.45) is 9.89. The van der Waals surface area contributed by atoms with Crippen molar-refractivity contribution in [2.45, 2.75) is 82.8 Å². The predicted molar refractivity (Wildman–Crippen MR) is 141 cm³/mol. The van der Waals surface area contributed by atoms with Crippen molar-refractivity contribution in [3.05, 3.63) is 0 Å². The van der Waals surface area contributed by atoms with E-state index in [-0.39, 0.29) is 11.3 Å². The maximum Gasteiger partial charge on any atom is 0.212 e. The zero-order valence-electron chi connectivity index (χ0n) is 21.7. The van der Waals surface area contributed by atoms with Gasteiger partial charge in [-0.2, -0.15) is 10.2 Å². The summed E-state index contributed by atoms with van der Waals surface area (Å²) in [5.41, 5.74) is 4.88. The predicted octanol–water partition coefficient (Wildman–Crippen LogP) is 1.31. The first-order valence-corrected chi connectivity index (χ1v) is 13.9. The van der Waals surface area contributed by atoms with E-state index < -0.39 is 16.6 Å². The number of aliphatic hydroxyl groups is 2. The number of nitrogens with one attached hydrogen (secondary N) is 4. The summed E-state index contributed by atoms with van der Waals surface area (Å²) in [7, 11) is 0. The smallest absolute Gasteiger partial charge is 0.212 e. The zero-order valence-corrected chi connectivity index (χ0v) is 21.7. The second-order valence-corrected chi connectivity index (χ2v) is 12.4. The van der Waals surface area contributed by atoms with Gasteiger partial charge in [-0.1, -0.05) is 13.8 Å². The van der Waals surface area contributed by atoms with Crippen molar-refractivity contribution in [3.63, 3.8) is 0 Å². The normalized spacial score (nSPS) is 46.9. The van der Waals surface area contributed by atoms with E-state index in [1.807, 2.05) is 0 Å². The van der Waals surface area contributed by atoms with Gasteiger partial charge in [-0.15, -0.1) is 0 Å². The van der Waals surface area contributed by atoms with E-state index in [1.165, 1.54) is 5.71 Å². The zero-order chi connectivity index (χ0) is 25.0. The van der Waals surface area contributed by atoms with Gasteiger partial charge in [0.25, 0.3) is 0 Å². The lowest BCUT2D eigenvalue weighted by Gasteiger charge is -2.63. The molecule has 6 N–H and O–H groups in total. The lowest BCUT2D eigenvalue weighted by Crippen LogP contribution is -2.65. The minimum atomic E-state index is -1.13. The van der Waals surface area contributed by atoms with Crippen molar-refractivity contribution < 1.29 is 10.2 Å². The SMILES string of the molecule is C[C@]12CC/C(=N/NC3=NCCN3)C[C@H]1CC[C@@H]1[C@@H]2CC[C@]2(C)[C@@](O)(/C=N/NC3=NCCN3)CC[C@]12O. The molecule has 0 aromatic carbocycles. The van der Waals surface area contributed by atoms with Crippen molar-refractivity contribution in [3.8, 4) is 0 Å². The van der Waals surface area contributed by atoms with Crippen LogP contribution in [-0.4, -0.2) is 71.4 Å². The van der Waals surface area contributed by atoms with Gasteiger partial charge in [-0.05, 0) is 81.0 Å². The molecule has 0 bridgehead atoms. The summed E-state index contributed by atoms with van der Waals surface area (Å²) < 4.78 is 0. The number of hydrogen-bond donors (Lipinski definition) is 6. The first-order valence-electron chi connectivity index (χ1n) is 13.9. The van der Waals surface area contributed by atoms with E-state index in [2.05, 4.69) is 50.4 Å². The van der Waals surface area contributed by atoms with Gasteiger partial charge in [-0.25, -0.2) is 20.8 Å². The molecule has 0 aromatic heterocycles. The molecule has 0 aromatic rings. The summed E-state index contributed by atoms with van der Waals surface area (Å²) >= 11 is 0. The number of rotatable bonds is 3. The van der Waals surface area contributed by atoms with Crippen LogP contribution in [0, 0.1) is 28.6 Å². The summed E-state index contributed by atoms with van der Waals surface area (Å²) in [5.74, 6) is 2.70. The van der Waals surface area contributed by atoms with Crippen LogP contribution < -0.4 is 21.5 Å². The summed E-state index contributed by atoms with van der Waals surface area (Å²) in [5, 5.41) is 39.6. The average molecular weight is 499 g/mol. The lowest BCUT2D eigenvalue weighted by molar-refractivity contribution is -0.218. The van der Waals surface area contributed by atoms with Crippen LogP contribution in [0.2, 0.25) is 0 Å². The standard InChI is InChI=1S/C26H42N8O2/c1-23-7-5-18(32-34-22-29-13-14-30-22)15-17(23)3-4-20-19(23)6-8-24(2)25(35,9-10-26(20,24)36)16-31-33-21-27-11-12-28-21/h16-17,19-20,35-36H,3-15H2,1-2H3,(H2,27,28,33)(H2,29,30,34)/b31-16+,32-18-/t17-,19+,20-,23+,24-,25+,26+/m1/s1. The number of hydrazone groups is 2. The Labute approximate surface area is 213 Å². The maximum absolute atomic E-state index is 12.3. The molecule has 6 rings (SSSR count). The van der Waals surface area contributed by atoms with Crippen LogP contribution in [0.4, 0.5) is 0 Å². The fraction of sp³-hybridized carbons (Fsp3) is 0.846. The molecular weight excluding hydrogens is 456 g/mol. The highest BCUT2D eigenvalue weighted by Gasteiger charge is 2.71. The Hall–Kier alpha value is -2.20. The molecule has 6 aliphatic rings. The largest absolute Gasteiger partial charge is 0.389 e. The van der Waals surface area contributed by atoms with Gasteiger partial charge in [0.1, 0.15) is 5.60 Å². The monoisotopic (exact) mass is 498 g/mol. The van der Waals surface area contributed by atoms with Gasteiger partial charge in [0.05, 0.1) is 24.9 Å². The summed E-state index contributed by atoms with van der Waals surface area (Å²) in [6, 6.07) is 0. The Kier molecular flexibility index (Phi) is 5.83. The second-order valence-electron chi connectivity index (χ2n) is 12.4. The molecule has 4 aliphatic carbocycles. The van der Waals surface area contributed by atoms with Gasteiger partial charge in [0, 0.05) is 24.2 Å². The second kappa shape index (κ2) is 8.68. The lowest BCUT2D eigenvalue weighted by atomic mass is 9.43. The first-order chi connectivity index (χ1) is 17.3. The highest BCUT2D eigenvalue weighted by molar-refractivity contribution is 5.88. The van der Waals surface area contributed by atoms with Crippen LogP contribution >= 0.6 is 0 Å². The third-order valence-electron chi connectivity index (χ3n) is 11.0. The van der Waals surface area contributed by atoms with Crippen LogP contribution in [-0.2, 0) is 0 Å². The highest BCUT2D eigenvalue weighted by atomic mass is 16.3. The minimum Gasteiger partial charge on any atom is -0.389 e. The minimum absolute atomic E-state index is 0.199. The molecule has 4 fully saturated rings. The fourth-order valence-corrected chi connectivity index (χ4v) is 8.67. The average Bonchev–Trinajstić information content (AvgIpc) is 3.61. The molecule has 2 aliphatic heterocycles. The van der Waals surface area contributed by atoms with E-state index in [9.17, 15) is 10.2 Å². The molecule has 0 unspecified atom stereocenters. The molecule has 0 amide bonds. The van der Waals surface area contributed by atoms with Gasteiger partial charge < -0.3 is 20.8 Å². The number of nitrogens with zero attached hydrogens (tertiary/aromatic N) is 4. The van der Waals surface area contributed by atoms with Crippen LogP contribution in [0.15, 0.2) is 20.2 Å². The molecule has 198 valence electrons. The Morgan fingerprint density at radius 1 is 0.917 bits per heavy atom. The van der Waals surface area contributed by atoms with Crippen LogP contribution in [0.5, 0.6) is 0 Å². The van der Waals surface area contributed by atoms with Crippen LogP contribution in [0.3, 0.4) is 0 Å². The van der Waals surface area contributed by atoms with Crippen LogP contribution in [0.25, 0.3) is 0 Å². The first kappa shape index (κ1) is 24.2. The molecule has 10 nitrogen and oxygen atoms in total. The van der Waals surface area contributed by atoms with Gasteiger partial charge in [0.2, 0.25) is 11.9 Å². The fourth-order valence-electron chi connectivity index (χ4n) is 8.67. The molecule has 0 radical (unpaired) electrons. The van der Waals surface area contributed by atoms with Crippen molar-refractivity contribution >= 4 is 23.8 Å². The molecule has 0 saturated heterocycles. The van der Waals surface area contributed by atoms with E-state index in [1.54, 1.807) is 6.21 Å². The number of hydrogen-bond acceptors (Lipinski definition) is 10. The third kappa shape index (κ3) is 3.58. The van der Waals surface area contributed by atoms with Crippen molar-refractivity contribution in [1.82, 2.24) is 21.5 Å². The number of fused-ring (bicyclic) bond motifs is 5. The number of guanidine groups is 2. The molecule has 2 heterocycles. The van der Waals surface area contributed by atoms with Crippen molar-refractivity contribution in [2.24, 2.45) is 48.8 Å². The Morgan fingerprint density at radius 3 is 2.39 bits per heavy atom. The Balaban J connectivity index is 1.18. The molecule has 4 saturated carbocycles. The third-order valence-corrected chi connectivity index (χ3v) is 11.0. The van der Waals surface area contributed by atoms with Gasteiger partial charge >= 0.3 is 0 Å². The van der Waals surface area contributed by atoms with Crippen LogP contribution in [0.1, 0.15) is 71.6 Å². The molecule has 0 spiro atoms. The number of aliphatic imine (C=N–C) groups is 2. The quantitative estimate of drug-likeness (QED) is 0.256. The Morgan fingerprint density at radius 2 is 1.67 bits per heavy atom. The summed E-state index contributed by atoms with van der Waals surface area (Å²) in [4.78, 5) is 8.68. The highest BCUT2D eigenvalue weighted by Crippen LogP contribution is 2.69. The molecule has 7 atom stereocenters. The molecule has 10 heteroatoms. The van der Waals surface area contributed by atoms with E-state index in [0.717, 1.165) is 77.1 Å². The van der Waals surface area contributed by atoms with E-state index in [0.29, 0.717) is 30.6 Å².